The molecule has 6 bridgehead atoms. The molecule has 4 nitrogen and oxygen atoms in total. The van der Waals surface area contributed by atoms with Crippen molar-refractivity contribution in [2.75, 3.05) is 20.1 Å². The van der Waals surface area contributed by atoms with Crippen LogP contribution in [-0.4, -0.2) is 65.3 Å². The summed E-state index contributed by atoms with van der Waals surface area (Å²) in [5, 5.41) is 14.6. The van der Waals surface area contributed by atoms with Crippen molar-refractivity contribution < 1.29 is 5.11 Å². The summed E-state index contributed by atoms with van der Waals surface area (Å²) in [5.74, 6) is 3.13. The van der Waals surface area contributed by atoms with Gasteiger partial charge in [0.25, 0.3) is 0 Å². The first-order valence-corrected chi connectivity index (χ1v) is 16.5. The number of nitrogens with zero attached hydrogens (tertiary/aromatic N) is 2. The Hall–Kier alpha value is -1.10. The lowest BCUT2D eigenvalue weighted by molar-refractivity contribution is -0.0376. The first-order valence-electron chi connectivity index (χ1n) is 16.5. The molecule has 2 saturated carbocycles. The highest BCUT2D eigenvalue weighted by Crippen LogP contribution is 2.51. The number of aromatic hydroxyl groups is 1. The first kappa shape index (κ1) is 25.8. The fraction of sp³-hybridized carbons (Fsp3) is 0.824. The van der Waals surface area contributed by atoms with Crippen LogP contribution in [0.25, 0.3) is 0 Å². The van der Waals surface area contributed by atoms with E-state index in [1.807, 2.05) is 6.07 Å². The van der Waals surface area contributed by atoms with Crippen LogP contribution in [0.4, 0.5) is 0 Å². The van der Waals surface area contributed by atoms with Gasteiger partial charge in [-0.1, -0.05) is 45.1 Å². The summed E-state index contributed by atoms with van der Waals surface area (Å²) in [6.45, 7) is 4.79. The molecule has 0 spiro atoms. The van der Waals surface area contributed by atoms with E-state index in [9.17, 15) is 5.11 Å². The van der Waals surface area contributed by atoms with Gasteiger partial charge in [0.05, 0.1) is 0 Å². The van der Waals surface area contributed by atoms with Gasteiger partial charge in [0.1, 0.15) is 5.75 Å². The van der Waals surface area contributed by atoms with Crippen molar-refractivity contribution >= 4 is 0 Å². The Balaban J connectivity index is 1.03. The van der Waals surface area contributed by atoms with Crippen molar-refractivity contribution in [3.63, 3.8) is 0 Å². The molecule has 38 heavy (non-hydrogen) atoms. The second kappa shape index (κ2) is 10.4. The monoisotopic (exact) mass is 519 g/mol. The van der Waals surface area contributed by atoms with Crippen LogP contribution in [0.2, 0.25) is 0 Å². The first-order chi connectivity index (χ1) is 18.5. The van der Waals surface area contributed by atoms with Crippen LogP contribution in [0.15, 0.2) is 18.2 Å². The molecule has 1 aromatic carbocycles. The molecule has 3 saturated heterocycles. The van der Waals surface area contributed by atoms with Gasteiger partial charge in [-0.3, -0.25) is 4.90 Å². The smallest absolute Gasteiger partial charge is 0.115 e. The molecule has 210 valence electrons. The minimum Gasteiger partial charge on any atom is -0.508 e. The van der Waals surface area contributed by atoms with Crippen molar-refractivity contribution in [2.45, 2.75) is 139 Å². The number of benzene rings is 1. The lowest BCUT2D eigenvalue weighted by atomic mass is 9.56. The average molecular weight is 520 g/mol. The van der Waals surface area contributed by atoms with Crippen molar-refractivity contribution in [2.24, 2.45) is 17.8 Å². The highest BCUT2D eigenvalue weighted by Gasteiger charge is 2.50. The summed E-state index contributed by atoms with van der Waals surface area (Å²) in [6, 6.07) is 10.1. The van der Waals surface area contributed by atoms with Crippen molar-refractivity contribution in [3.8, 4) is 5.75 Å². The molecule has 0 radical (unpaired) electrons. The lowest BCUT2D eigenvalue weighted by Crippen LogP contribution is -2.61. The molecule has 6 aliphatic rings. The summed E-state index contributed by atoms with van der Waals surface area (Å²) in [5.41, 5.74) is 3.14. The number of nitrogens with one attached hydrogen (secondary N) is 1. The van der Waals surface area contributed by atoms with Gasteiger partial charge >= 0.3 is 0 Å². The number of piperidine rings is 3. The van der Waals surface area contributed by atoms with E-state index >= 15 is 0 Å². The second-order valence-corrected chi connectivity index (χ2v) is 14.7. The third kappa shape index (κ3) is 4.55. The van der Waals surface area contributed by atoms with Crippen molar-refractivity contribution in [1.82, 2.24) is 15.1 Å². The van der Waals surface area contributed by atoms with Gasteiger partial charge in [0, 0.05) is 35.6 Å². The maximum Gasteiger partial charge on any atom is 0.115 e. The molecule has 5 fully saturated rings. The molecule has 3 heterocycles. The third-order valence-electron chi connectivity index (χ3n) is 12.8. The summed E-state index contributed by atoms with van der Waals surface area (Å²) < 4.78 is 0. The standard InChI is InChI=1S/C34H53N3O/c1-23-33-19-26-10-11-31(38)22-32(26)34(23,13-15-36(33)2)12-14-35-27-20-28-8-5-9-29(21-27)37(28)30-17-24-6-3-4-7-25(16-24)18-30/h10-11,22-25,27-30,33,35,38H,3-9,12-21H2,1-2H3/t23-,24-,25+,27?,28-,29+,30?,33+,34-/m0/s1. The molecule has 3 aliphatic heterocycles. The largest absolute Gasteiger partial charge is 0.508 e. The Morgan fingerprint density at radius 2 is 1.66 bits per heavy atom. The van der Waals surface area contributed by atoms with Crippen LogP contribution >= 0.6 is 0 Å². The maximum absolute atomic E-state index is 10.4. The van der Waals surface area contributed by atoms with E-state index in [2.05, 4.69) is 41.2 Å². The van der Waals surface area contributed by atoms with Crippen molar-refractivity contribution in [1.29, 1.82) is 0 Å². The summed E-state index contributed by atoms with van der Waals surface area (Å²) >= 11 is 0. The minimum absolute atomic E-state index is 0.200. The predicted molar refractivity (Wildman–Crippen MR) is 156 cm³/mol. The number of likely N-dealkylation sites (tertiary alicyclic amines) is 1. The quantitative estimate of drug-likeness (QED) is 0.482. The molecule has 0 aromatic heterocycles. The number of fused-ring (bicyclic) bond motifs is 8. The van der Waals surface area contributed by atoms with E-state index in [-0.39, 0.29) is 5.41 Å². The number of likely N-dealkylation sites (N-methyl/N-ethyl adjacent to an activating group) is 1. The minimum atomic E-state index is 0.200. The molecular formula is C34H53N3O. The van der Waals surface area contributed by atoms with E-state index in [0.29, 0.717) is 23.8 Å². The fourth-order valence-corrected chi connectivity index (χ4v) is 10.9. The summed E-state index contributed by atoms with van der Waals surface area (Å²) in [6.07, 6.45) is 21.2. The van der Waals surface area contributed by atoms with Crippen LogP contribution < -0.4 is 5.32 Å². The average Bonchev–Trinajstić information content (AvgIpc) is 3.07. The molecule has 7 rings (SSSR count). The van der Waals surface area contributed by atoms with Crippen LogP contribution in [0.1, 0.15) is 108 Å². The molecule has 9 atom stereocenters. The molecule has 0 amide bonds. The van der Waals surface area contributed by atoms with Gasteiger partial charge in [-0.2, -0.15) is 0 Å². The third-order valence-corrected chi connectivity index (χ3v) is 12.8. The van der Waals surface area contributed by atoms with Gasteiger partial charge in [-0.15, -0.1) is 0 Å². The van der Waals surface area contributed by atoms with Gasteiger partial charge < -0.3 is 15.3 Å². The molecule has 4 heteroatoms. The van der Waals surface area contributed by atoms with Crippen LogP contribution in [0.5, 0.6) is 5.75 Å². The Labute approximate surface area is 231 Å². The van der Waals surface area contributed by atoms with E-state index in [4.69, 9.17) is 0 Å². The maximum atomic E-state index is 10.4. The molecule has 2 N–H and O–H groups in total. The van der Waals surface area contributed by atoms with Gasteiger partial charge in [-0.05, 0) is 125 Å². The lowest BCUT2D eigenvalue weighted by Gasteiger charge is -2.56. The van der Waals surface area contributed by atoms with Crippen molar-refractivity contribution in [3.05, 3.63) is 29.3 Å². The Morgan fingerprint density at radius 1 is 0.921 bits per heavy atom. The van der Waals surface area contributed by atoms with Gasteiger partial charge in [-0.25, -0.2) is 0 Å². The molecule has 1 aromatic rings. The number of phenolic OH excluding ortho intramolecular Hbond substituents is 1. The topological polar surface area (TPSA) is 38.7 Å². The van der Waals surface area contributed by atoms with Gasteiger partial charge in [0.15, 0.2) is 0 Å². The van der Waals surface area contributed by atoms with Crippen LogP contribution in [0, 0.1) is 17.8 Å². The van der Waals surface area contributed by atoms with E-state index in [0.717, 1.165) is 42.9 Å². The Morgan fingerprint density at radius 3 is 2.39 bits per heavy atom. The SMILES string of the molecule is C[C@H]1[C@H]2Cc3ccc(O)cc3[C@@]1(CCNC1C[C@H]3CCC[C@@H](C1)N3C1C[C@H]3CCCC[C@@H](C1)C3)CCN2C. The van der Waals surface area contributed by atoms with E-state index in [1.54, 1.807) is 6.42 Å². The molecular weight excluding hydrogens is 466 g/mol. The highest BCUT2D eigenvalue weighted by atomic mass is 16.3. The summed E-state index contributed by atoms with van der Waals surface area (Å²) in [7, 11) is 2.32. The van der Waals surface area contributed by atoms with Crippen LogP contribution in [-0.2, 0) is 11.8 Å². The predicted octanol–water partition coefficient (Wildman–Crippen LogP) is 6.25. The zero-order valence-electron chi connectivity index (χ0n) is 24.2. The highest BCUT2D eigenvalue weighted by molar-refractivity contribution is 5.44. The number of rotatable bonds is 5. The zero-order valence-corrected chi connectivity index (χ0v) is 24.2. The molecule has 3 aliphatic carbocycles. The fourth-order valence-electron chi connectivity index (χ4n) is 10.9. The van der Waals surface area contributed by atoms with E-state index in [1.165, 1.54) is 101 Å². The Bertz CT molecular complexity index is 968. The zero-order chi connectivity index (χ0) is 25.9. The van der Waals surface area contributed by atoms with Crippen LogP contribution in [0.3, 0.4) is 0 Å². The Kier molecular flexibility index (Phi) is 7.06. The van der Waals surface area contributed by atoms with E-state index < -0.39 is 0 Å². The normalized spacial score (nSPS) is 43.3. The number of hydrogen-bond acceptors (Lipinski definition) is 4. The summed E-state index contributed by atoms with van der Waals surface area (Å²) in [4.78, 5) is 5.71. The number of hydrogen-bond donors (Lipinski definition) is 2. The van der Waals surface area contributed by atoms with Gasteiger partial charge in [0.2, 0.25) is 0 Å². The number of phenols is 1. The molecule has 2 unspecified atom stereocenters. The second-order valence-electron chi connectivity index (χ2n) is 14.7.